The number of rotatable bonds is 3. The minimum Gasteiger partial charge on any atom is -0.454 e. The molecule has 1 N–H and O–H groups in total. The topological polar surface area (TPSA) is 90.7 Å². The zero-order valence-electron chi connectivity index (χ0n) is 8.63. The fraction of sp³-hybridized carbons (Fsp3) is 0.100. The highest BCUT2D eigenvalue weighted by Gasteiger charge is 2.23. The molecule has 0 aliphatic carbocycles. The van der Waals surface area contributed by atoms with Crippen molar-refractivity contribution in [2.24, 2.45) is 0 Å². The van der Waals surface area contributed by atoms with Gasteiger partial charge in [-0.3, -0.25) is 14.9 Å². The van der Waals surface area contributed by atoms with Crippen molar-refractivity contribution >= 4 is 17.3 Å². The lowest BCUT2D eigenvalue weighted by atomic mass is 10.2. The monoisotopic (exact) mass is 236 g/mol. The van der Waals surface area contributed by atoms with Gasteiger partial charge >= 0.3 is 0 Å². The second-order valence-corrected chi connectivity index (χ2v) is 3.17. The first-order valence-corrected chi connectivity index (χ1v) is 4.63. The van der Waals surface area contributed by atoms with E-state index in [4.69, 9.17) is 9.47 Å². The van der Waals surface area contributed by atoms with Crippen LogP contribution in [-0.2, 0) is 4.79 Å². The fourth-order valence-electron chi connectivity index (χ4n) is 1.37. The van der Waals surface area contributed by atoms with Crippen LogP contribution < -0.4 is 14.8 Å². The Morgan fingerprint density at radius 1 is 1.47 bits per heavy atom. The molecule has 0 unspecified atom stereocenters. The van der Waals surface area contributed by atoms with Gasteiger partial charge in [-0.25, -0.2) is 0 Å². The maximum Gasteiger partial charge on any atom is 0.296 e. The van der Waals surface area contributed by atoms with E-state index in [1.807, 2.05) is 0 Å². The van der Waals surface area contributed by atoms with E-state index in [0.29, 0.717) is 5.75 Å². The predicted molar refractivity (Wildman–Crippen MR) is 58.0 cm³/mol. The lowest BCUT2D eigenvalue weighted by Crippen LogP contribution is -2.09. The van der Waals surface area contributed by atoms with Crippen molar-refractivity contribution in [3.05, 3.63) is 34.9 Å². The first-order valence-electron chi connectivity index (χ1n) is 4.63. The summed E-state index contributed by atoms with van der Waals surface area (Å²) in [4.78, 5) is 21.3. The van der Waals surface area contributed by atoms with Crippen LogP contribution in [0.2, 0.25) is 0 Å². The molecule has 1 aliphatic rings. The predicted octanol–water partition coefficient (Wildman–Crippen LogP) is 1.45. The van der Waals surface area contributed by atoms with Gasteiger partial charge in [-0.2, -0.15) is 0 Å². The van der Waals surface area contributed by atoms with E-state index >= 15 is 0 Å². The Morgan fingerprint density at radius 3 is 2.71 bits per heavy atom. The lowest BCUT2D eigenvalue weighted by Gasteiger charge is -2.04. The molecular weight excluding hydrogens is 228 g/mol. The number of hydrogen-bond acceptors (Lipinski definition) is 5. The van der Waals surface area contributed by atoms with E-state index in [-0.39, 0.29) is 23.9 Å². The van der Waals surface area contributed by atoms with Gasteiger partial charge in [0.05, 0.1) is 11.0 Å². The second-order valence-electron chi connectivity index (χ2n) is 3.17. The summed E-state index contributed by atoms with van der Waals surface area (Å²) in [6.07, 6.45) is 1.02. The number of benzene rings is 1. The van der Waals surface area contributed by atoms with E-state index in [1.165, 1.54) is 12.1 Å². The molecule has 1 heterocycles. The first kappa shape index (κ1) is 10.9. The van der Waals surface area contributed by atoms with Crippen molar-refractivity contribution < 1.29 is 19.2 Å². The zero-order valence-corrected chi connectivity index (χ0v) is 8.63. The Hall–Kier alpha value is -2.57. The molecule has 0 bridgehead atoms. The number of nitrogens with zero attached hydrogens (tertiary/aromatic N) is 1. The smallest absolute Gasteiger partial charge is 0.296 e. The maximum atomic E-state index is 11.1. The molecule has 17 heavy (non-hydrogen) atoms. The third-order valence-electron chi connectivity index (χ3n) is 2.13. The number of carbonyl (C=O) groups is 1. The quantitative estimate of drug-likeness (QED) is 0.487. The van der Waals surface area contributed by atoms with Crippen molar-refractivity contribution in [3.63, 3.8) is 0 Å². The maximum absolute atomic E-state index is 11.1. The molecule has 0 fully saturated rings. The highest BCUT2D eigenvalue weighted by Crippen LogP contribution is 2.40. The SMILES string of the molecule is C=CC(=O)Nc1cc2c(cc1[N+](=O)[O-])OCO2. The number of anilines is 1. The van der Waals surface area contributed by atoms with E-state index < -0.39 is 10.8 Å². The molecule has 1 aromatic carbocycles. The molecule has 7 nitrogen and oxygen atoms in total. The molecule has 0 saturated carbocycles. The number of nitrogens with one attached hydrogen (secondary N) is 1. The van der Waals surface area contributed by atoms with Crippen molar-refractivity contribution in [1.29, 1.82) is 0 Å². The van der Waals surface area contributed by atoms with Crippen molar-refractivity contribution in [1.82, 2.24) is 0 Å². The van der Waals surface area contributed by atoms with E-state index in [2.05, 4.69) is 11.9 Å². The minimum absolute atomic E-state index is 0.00530. The van der Waals surface area contributed by atoms with Crippen LogP contribution >= 0.6 is 0 Å². The summed E-state index contributed by atoms with van der Waals surface area (Å²) in [5.41, 5.74) is -0.214. The van der Waals surface area contributed by atoms with Crippen LogP contribution in [0.25, 0.3) is 0 Å². The van der Waals surface area contributed by atoms with Crippen LogP contribution in [-0.4, -0.2) is 17.6 Å². The summed E-state index contributed by atoms with van der Waals surface area (Å²) in [5.74, 6) is 0.107. The number of nitro groups is 1. The van der Waals surface area contributed by atoms with Gasteiger partial charge in [0.1, 0.15) is 5.69 Å². The van der Waals surface area contributed by atoms with E-state index in [0.717, 1.165) is 6.08 Å². The molecule has 0 aromatic heterocycles. The average Bonchev–Trinajstić information content (AvgIpc) is 2.74. The van der Waals surface area contributed by atoms with Gasteiger partial charge in [0.15, 0.2) is 11.5 Å². The van der Waals surface area contributed by atoms with Gasteiger partial charge in [-0.05, 0) is 6.08 Å². The van der Waals surface area contributed by atoms with Crippen molar-refractivity contribution in [2.45, 2.75) is 0 Å². The molecule has 0 spiro atoms. The third-order valence-corrected chi connectivity index (χ3v) is 2.13. The van der Waals surface area contributed by atoms with Crippen LogP contribution in [0.1, 0.15) is 0 Å². The van der Waals surface area contributed by atoms with Gasteiger partial charge < -0.3 is 14.8 Å². The Bertz CT molecular complexity index is 512. The number of amides is 1. The second kappa shape index (κ2) is 4.12. The Morgan fingerprint density at radius 2 is 2.12 bits per heavy atom. The van der Waals surface area contributed by atoms with Gasteiger partial charge in [0.25, 0.3) is 5.69 Å². The average molecular weight is 236 g/mol. The summed E-state index contributed by atoms with van der Waals surface area (Å²) in [6, 6.07) is 2.56. The zero-order chi connectivity index (χ0) is 12.4. The Kier molecular flexibility index (Phi) is 2.65. The summed E-state index contributed by atoms with van der Waals surface area (Å²) >= 11 is 0. The number of ether oxygens (including phenoxy) is 2. The largest absolute Gasteiger partial charge is 0.454 e. The molecule has 0 radical (unpaired) electrons. The van der Waals surface area contributed by atoms with Crippen LogP contribution in [0.4, 0.5) is 11.4 Å². The normalized spacial score (nSPS) is 12.0. The van der Waals surface area contributed by atoms with E-state index in [9.17, 15) is 14.9 Å². The van der Waals surface area contributed by atoms with Gasteiger partial charge in [0.2, 0.25) is 12.7 Å². The first-order chi connectivity index (χ1) is 8.11. The summed E-state index contributed by atoms with van der Waals surface area (Å²) < 4.78 is 10.1. The Labute approximate surface area is 95.8 Å². The third kappa shape index (κ3) is 2.03. The number of nitro benzene ring substituents is 1. The highest BCUT2D eigenvalue weighted by molar-refractivity contribution is 6.00. The lowest BCUT2D eigenvalue weighted by molar-refractivity contribution is -0.384. The molecular formula is C10H8N2O5. The number of fused-ring (bicyclic) bond motifs is 1. The van der Waals surface area contributed by atoms with Gasteiger partial charge in [-0.15, -0.1) is 0 Å². The van der Waals surface area contributed by atoms with Gasteiger partial charge in [-0.1, -0.05) is 6.58 Å². The Balaban J connectivity index is 2.44. The molecule has 1 amide bonds. The number of hydrogen-bond donors (Lipinski definition) is 1. The van der Waals surface area contributed by atoms with Crippen molar-refractivity contribution in [3.8, 4) is 11.5 Å². The fourth-order valence-corrected chi connectivity index (χ4v) is 1.37. The van der Waals surface area contributed by atoms with Crippen LogP contribution in [0.15, 0.2) is 24.8 Å². The molecule has 2 rings (SSSR count). The molecule has 0 atom stereocenters. The molecule has 1 aliphatic heterocycles. The molecule has 88 valence electrons. The van der Waals surface area contributed by atoms with Crippen LogP contribution in [0, 0.1) is 10.1 Å². The van der Waals surface area contributed by atoms with E-state index in [1.54, 1.807) is 0 Å². The van der Waals surface area contributed by atoms with Crippen molar-refractivity contribution in [2.75, 3.05) is 12.1 Å². The molecule has 1 aromatic rings. The standard InChI is InChI=1S/C10H8N2O5/c1-2-10(13)11-6-3-8-9(17-5-16-8)4-7(6)12(14)15/h2-4H,1,5H2,(H,11,13). The number of carbonyl (C=O) groups excluding carboxylic acids is 1. The molecule has 0 saturated heterocycles. The summed E-state index contributed by atoms with van der Waals surface area (Å²) in [7, 11) is 0. The summed E-state index contributed by atoms with van der Waals surface area (Å²) in [6.45, 7) is 3.27. The minimum atomic E-state index is -0.610. The van der Waals surface area contributed by atoms with Gasteiger partial charge in [0, 0.05) is 6.07 Å². The van der Waals surface area contributed by atoms with Crippen LogP contribution in [0.5, 0.6) is 11.5 Å². The molecule has 7 heteroatoms. The summed E-state index contributed by atoms with van der Waals surface area (Å²) in [5, 5.41) is 13.2. The highest BCUT2D eigenvalue weighted by atomic mass is 16.7. The van der Waals surface area contributed by atoms with Crippen LogP contribution in [0.3, 0.4) is 0 Å².